The highest BCUT2D eigenvalue weighted by atomic mass is 32.1. The number of hydrogen-bond donors (Lipinski definition) is 3. The zero-order chi connectivity index (χ0) is 13.5. The second kappa shape index (κ2) is 7.38. The van der Waals surface area contributed by atoms with Crippen LogP contribution in [0.3, 0.4) is 0 Å². The molecule has 0 spiro atoms. The van der Waals surface area contributed by atoms with Gasteiger partial charge in [0.1, 0.15) is 0 Å². The van der Waals surface area contributed by atoms with Crippen molar-refractivity contribution >= 4 is 22.4 Å². The van der Waals surface area contributed by atoms with Gasteiger partial charge in [0.25, 0.3) is 0 Å². The van der Waals surface area contributed by atoms with Crippen LogP contribution in [-0.2, 0) is 0 Å². The molecule has 0 aliphatic heterocycles. The van der Waals surface area contributed by atoms with Gasteiger partial charge in [0.2, 0.25) is 0 Å². The standard InChI is InChI=1S/C13H22N2O2S/c1-4-10(5-2)11(16)8-14-13(17)15-12-7-6-9(3)18-12/h6-7,10-11,16H,4-5,8H2,1-3H3,(H2,14,15,17). The maximum Gasteiger partial charge on any atom is 0.319 e. The van der Waals surface area contributed by atoms with E-state index in [4.69, 9.17) is 0 Å². The van der Waals surface area contributed by atoms with Crippen LogP contribution in [-0.4, -0.2) is 23.8 Å². The van der Waals surface area contributed by atoms with E-state index in [9.17, 15) is 9.90 Å². The number of urea groups is 1. The summed E-state index contributed by atoms with van der Waals surface area (Å²) in [7, 11) is 0. The zero-order valence-corrected chi connectivity index (χ0v) is 12.0. The Morgan fingerprint density at radius 1 is 1.39 bits per heavy atom. The van der Waals surface area contributed by atoms with Crippen LogP contribution in [0, 0.1) is 12.8 Å². The summed E-state index contributed by atoms with van der Waals surface area (Å²) in [5.41, 5.74) is 0. The van der Waals surface area contributed by atoms with Gasteiger partial charge in [0.05, 0.1) is 11.1 Å². The number of carbonyl (C=O) groups is 1. The van der Waals surface area contributed by atoms with E-state index in [1.165, 1.54) is 11.3 Å². The Morgan fingerprint density at radius 2 is 2.06 bits per heavy atom. The maximum atomic E-state index is 11.6. The first kappa shape index (κ1) is 15.0. The van der Waals surface area contributed by atoms with Crippen molar-refractivity contribution in [2.45, 2.75) is 39.7 Å². The minimum atomic E-state index is -0.476. The number of aliphatic hydroxyl groups is 1. The van der Waals surface area contributed by atoms with Gasteiger partial charge >= 0.3 is 6.03 Å². The Kier molecular flexibility index (Phi) is 6.15. The van der Waals surface area contributed by atoms with Crippen LogP contribution >= 0.6 is 11.3 Å². The molecule has 1 atom stereocenters. The lowest BCUT2D eigenvalue weighted by molar-refractivity contribution is 0.104. The monoisotopic (exact) mass is 270 g/mol. The molecule has 102 valence electrons. The van der Waals surface area contributed by atoms with Gasteiger partial charge in [-0.15, -0.1) is 11.3 Å². The molecule has 0 saturated heterocycles. The van der Waals surface area contributed by atoms with E-state index in [-0.39, 0.29) is 11.9 Å². The minimum absolute atomic E-state index is 0.245. The third-order valence-electron chi connectivity index (χ3n) is 3.04. The molecular weight excluding hydrogens is 248 g/mol. The van der Waals surface area contributed by atoms with Gasteiger partial charge in [0.15, 0.2) is 0 Å². The fraction of sp³-hybridized carbons (Fsp3) is 0.615. The number of aryl methyl sites for hydroxylation is 1. The lowest BCUT2D eigenvalue weighted by atomic mass is 9.97. The van der Waals surface area contributed by atoms with Crippen LogP contribution in [0.1, 0.15) is 31.6 Å². The Balaban J connectivity index is 2.32. The van der Waals surface area contributed by atoms with Crippen molar-refractivity contribution in [2.24, 2.45) is 5.92 Å². The summed E-state index contributed by atoms with van der Waals surface area (Å²) in [6.07, 6.45) is 1.37. The normalized spacial score (nSPS) is 12.5. The number of aliphatic hydroxyl groups excluding tert-OH is 1. The summed E-state index contributed by atoms with van der Waals surface area (Å²) in [5, 5.41) is 16.2. The first-order chi connectivity index (χ1) is 8.56. The molecule has 1 aromatic heterocycles. The summed E-state index contributed by atoms with van der Waals surface area (Å²) in [5.74, 6) is 0.245. The summed E-state index contributed by atoms with van der Waals surface area (Å²) in [4.78, 5) is 12.8. The molecular formula is C13H22N2O2S. The molecule has 5 heteroatoms. The number of carbonyl (C=O) groups excluding carboxylic acids is 1. The lowest BCUT2D eigenvalue weighted by Gasteiger charge is -2.20. The van der Waals surface area contributed by atoms with Gasteiger partial charge in [-0.25, -0.2) is 4.79 Å². The number of amides is 2. The predicted molar refractivity (Wildman–Crippen MR) is 76.2 cm³/mol. The van der Waals surface area contributed by atoms with E-state index in [0.29, 0.717) is 6.54 Å². The molecule has 1 rings (SSSR count). The molecule has 1 unspecified atom stereocenters. The van der Waals surface area contributed by atoms with E-state index < -0.39 is 6.10 Å². The van der Waals surface area contributed by atoms with Gasteiger partial charge in [0, 0.05) is 11.4 Å². The molecule has 2 amide bonds. The van der Waals surface area contributed by atoms with Gasteiger partial charge in [-0.3, -0.25) is 5.32 Å². The quantitative estimate of drug-likeness (QED) is 0.744. The number of hydrogen-bond acceptors (Lipinski definition) is 3. The first-order valence-corrected chi connectivity index (χ1v) is 7.17. The molecule has 0 bridgehead atoms. The molecule has 0 aliphatic rings. The smallest absolute Gasteiger partial charge is 0.319 e. The fourth-order valence-electron chi connectivity index (χ4n) is 1.85. The SMILES string of the molecule is CCC(CC)C(O)CNC(=O)Nc1ccc(C)s1. The average molecular weight is 270 g/mol. The molecule has 0 fully saturated rings. The van der Waals surface area contributed by atoms with E-state index in [1.54, 1.807) is 0 Å². The van der Waals surface area contributed by atoms with Crippen LogP contribution in [0.2, 0.25) is 0 Å². The van der Waals surface area contributed by atoms with Crippen molar-refractivity contribution < 1.29 is 9.90 Å². The Bertz CT molecular complexity index is 375. The van der Waals surface area contributed by atoms with Crippen LogP contribution in [0.5, 0.6) is 0 Å². The number of anilines is 1. The second-order valence-electron chi connectivity index (χ2n) is 4.39. The van der Waals surface area contributed by atoms with E-state index in [0.717, 1.165) is 22.7 Å². The summed E-state index contributed by atoms with van der Waals surface area (Å²) >= 11 is 1.53. The zero-order valence-electron chi connectivity index (χ0n) is 11.2. The average Bonchev–Trinajstić information content (AvgIpc) is 2.73. The Labute approximate surface area is 112 Å². The molecule has 18 heavy (non-hydrogen) atoms. The van der Waals surface area contributed by atoms with E-state index >= 15 is 0 Å². The van der Waals surface area contributed by atoms with Crippen molar-refractivity contribution in [1.82, 2.24) is 5.32 Å². The van der Waals surface area contributed by atoms with Gasteiger partial charge in [-0.1, -0.05) is 26.7 Å². The molecule has 1 aromatic rings. The van der Waals surface area contributed by atoms with Gasteiger partial charge in [-0.05, 0) is 25.0 Å². The topological polar surface area (TPSA) is 61.4 Å². The highest BCUT2D eigenvalue weighted by Crippen LogP contribution is 2.20. The van der Waals surface area contributed by atoms with Crippen LogP contribution in [0.15, 0.2) is 12.1 Å². The van der Waals surface area contributed by atoms with Crippen LogP contribution in [0.25, 0.3) is 0 Å². The van der Waals surface area contributed by atoms with Crippen molar-refractivity contribution in [2.75, 3.05) is 11.9 Å². The van der Waals surface area contributed by atoms with Crippen LogP contribution in [0.4, 0.5) is 9.80 Å². The highest BCUT2D eigenvalue weighted by molar-refractivity contribution is 7.16. The van der Waals surface area contributed by atoms with Gasteiger partial charge < -0.3 is 10.4 Å². The number of thiophene rings is 1. The van der Waals surface area contributed by atoms with Crippen LogP contribution < -0.4 is 10.6 Å². The predicted octanol–water partition coefficient (Wildman–Crippen LogP) is 2.98. The van der Waals surface area contributed by atoms with E-state index in [2.05, 4.69) is 10.6 Å². The summed E-state index contributed by atoms with van der Waals surface area (Å²) in [6, 6.07) is 3.57. The Hall–Kier alpha value is -1.07. The summed E-state index contributed by atoms with van der Waals surface area (Å²) < 4.78 is 0. The second-order valence-corrected chi connectivity index (χ2v) is 5.68. The maximum absolute atomic E-state index is 11.6. The molecule has 3 N–H and O–H groups in total. The molecule has 4 nitrogen and oxygen atoms in total. The van der Waals surface area contributed by atoms with E-state index in [1.807, 2.05) is 32.9 Å². The van der Waals surface area contributed by atoms with Crippen molar-refractivity contribution in [3.05, 3.63) is 17.0 Å². The molecule has 0 radical (unpaired) electrons. The highest BCUT2D eigenvalue weighted by Gasteiger charge is 2.16. The molecule has 0 saturated carbocycles. The first-order valence-electron chi connectivity index (χ1n) is 6.36. The molecule has 0 aliphatic carbocycles. The minimum Gasteiger partial charge on any atom is -0.391 e. The largest absolute Gasteiger partial charge is 0.391 e. The third kappa shape index (κ3) is 4.66. The third-order valence-corrected chi connectivity index (χ3v) is 3.96. The van der Waals surface area contributed by atoms with Crippen molar-refractivity contribution in [1.29, 1.82) is 0 Å². The van der Waals surface area contributed by atoms with Crippen molar-refractivity contribution in [3.8, 4) is 0 Å². The lowest BCUT2D eigenvalue weighted by Crippen LogP contribution is -2.38. The number of nitrogens with one attached hydrogen (secondary N) is 2. The number of rotatable bonds is 6. The summed E-state index contributed by atoms with van der Waals surface area (Å²) in [6.45, 7) is 6.38. The van der Waals surface area contributed by atoms with Crippen molar-refractivity contribution in [3.63, 3.8) is 0 Å². The Morgan fingerprint density at radius 3 is 2.56 bits per heavy atom. The molecule has 1 heterocycles. The fourth-order valence-corrected chi connectivity index (χ4v) is 2.62. The van der Waals surface area contributed by atoms with Gasteiger partial charge in [-0.2, -0.15) is 0 Å². The molecule has 0 aromatic carbocycles.